The van der Waals surface area contributed by atoms with Crippen LogP contribution in [-0.4, -0.2) is 29.6 Å². The molecule has 1 aliphatic rings. The molecule has 1 aliphatic carbocycles. The summed E-state index contributed by atoms with van der Waals surface area (Å²) in [5, 5.41) is 13.7. The minimum atomic E-state index is -0.410. The summed E-state index contributed by atoms with van der Waals surface area (Å²) in [4.78, 5) is 2.39. The van der Waals surface area contributed by atoms with Crippen molar-refractivity contribution in [2.75, 3.05) is 19.6 Å². The molecular formula is C25H37NO. The summed E-state index contributed by atoms with van der Waals surface area (Å²) in [6.45, 7) is 11.9. The summed E-state index contributed by atoms with van der Waals surface area (Å²) in [6.07, 6.45) is 6.71. The lowest BCUT2D eigenvalue weighted by Crippen LogP contribution is -2.30. The Morgan fingerprint density at radius 2 is 1.81 bits per heavy atom. The first-order valence-electron chi connectivity index (χ1n) is 11.1. The van der Waals surface area contributed by atoms with Gasteiger partial charge in [0.15, 0.2) is 0 Å². The van der Waals surface area contributed by atoms with Gasteiger partial charge in [0.25, 0.3) is 0 Å². The number of aliphatic hydroxyl groups is 1. The minimum Gasteiger partial charge on any atom is -0.387 e. The van der Waals surface area contributed by atoms with Gasteiger partial charge in [-0.15, -0.1) is 0 Å². The van der Waals surface area contributed by atoms with Crippen molar-refractivity contribution < 1.29 is 5.11 Å². The van der Waals surface area contributed by atoms with Gasteiger partial charge >= 0.3 is 0 Å². The lowest BCUT2D eigenvalue weighted by atomic mass is 9.79. The number of rotatable bonds is 8. The van der Waals surface area contributed by atoms with E-state index in [1.54, 1.807) is 11.1 Å². The number of fused-ring (bicyclic) bond motifs is 3. The van der Waals surface area contributed by atoms with Crippen molar-refractivity contribution in [1.82, 2.24) is 4.90 Å². The number of hydrogen-bond acceptors (Lipinski definition) is 2. The highest BCUT2D eigenvalue weighted by atomic mass is 16.3. The zero-order valence-electron chi connectivity index (χ0n) is 17.7. The Kier molecular flexibility index (Phi) is 6.94. The summed E-state index contributed by atoms with van der Waals surface area (Å²) in [5.74, 6) is 0.672. The lowest BCUT2D eigenvalue weighted by Gasteiger charge is -2.27. The Hall–Kier alpha value is -1.38. The van der Waals surface area contributed by atoms with Gasteiger partial charge in [0.1, 0.15) is 0 Å². The smallest absolute Gasteiger partial charge is 0.0917 e. The molecular weight excluding hydrogens is 330 g/mol. The third-order valence-corrected chi connectivity index (χ3v) is 6.26. The first-order chi connectivity index (χ1) is 13.1. The quantitative estimate of drug-likeness (QED) is 0.619. The zero-order valence-corrected chi connectivity index (χ0v) is 17.7. The normalized spacial score (nSPS) is 18.1. The number of aryl methyl sites for hydroxylation is 2. The fourth-order valence-electron chi connectivity index (χ4n) is 4.83. The van der Waals surface area contributed by atoms with E-state index >= 15 is 0 Å². The van der Waals surface area contributed by atoms with Crippen LogP contribution >= 0.6 is 0 Å². The topological polar surface area (TPSA) is 23.5 Å². The maximum absolute atomic E-state index is 10.9. The van der Waals surface area contributed by atoms with E-state index in [1.165, 1.54) is 35.6 Å². The molecule has 2 aromatic carbocycles. The molecule has 2 unspecified atom stereocenters. The molecule has 0 bridgehead atoms. The Morgan fingerprint density at radius 1 is 1.07 bits per heavy atom. The maximum atomic E-state index is 10.9. The molecule has 1 N–H and O–H groups in total. The number of hydrogen-bond donors (Lipinski definition) is 1. The SMILES string of the molecule is CCCN(CCC)CC(O)c1ccc2c3c(cc(CC)c2c1)C(C)CCC3. The largest absolute Gasteiger partial charge is 0.387 e. The molecule has 2 heteroatoms. The molecule has 2 aromatic rings. The fourth-order valence-corrected chi connectivity index (χ4v) is 4.83. The molecule has 0 fully saturated rings. The summed E-state index contributed by atoms with van der Waals surface area (Å²) in [5.41, 5.74) is 5.63. The van der Waals surface area contributed by atoms with Crippen LogP contribution in [0.15, 0.2) is 24.3 Å². The number of nitrogens with zero attached hydrogens (tertiary/aromatic N) is 1. The minimum absolute atomic E-state index is 0.410. The molecule has 3 rings (SSSR count). The van der Waals surface area contributed by atoms with Gasteiger partial charge in [0.2, 0.25) is 0 Å². The van der Waals surface area contributed by atoms with E-state index in [0.717, 1.165) is 44.5 Å². The molecule has 27 heavy (non-hydrogen) atoms. The molecule has 0 amide bonds. The van der Waals surface area contributed by atoms with Gasteiger partial charge in [-0.3, -0.25) is 0 Å². The Balaban J connectivity index is 1.96. The van der Waals surface area contributed by atoms with E-state index in [0.29, 0.717) is 5.92 Å². The first kappa shape index (κ1) is 20.4. The van der Waals surface area contributed by atoms with Crippen LogP contribution in [-0.2, 0) is 12.8 Å². The van der Waals surface area contributed by atoms with E-state index in [2.05, 4.69) is 56.9 Å². The van der Waals surface area contributed by atoms with Crippen molar-refractivity contribution in [2.24, 2.45) is 0 Å². The molecule has 2 atom stereocenters. The van der Waals surface area contributed by atoms with Crippen molar-refractivity contribution in [1.29, 1.82) is 0 Å². The zero-order chi connectivity index (χ0) is 19.4. The van der Waals surface area contributed by atoms with Crippen LogP contribution in [0.2, 0.25) is 0 Å². The van der Waals surface area contributed by atoms with Gasteiger partial charge in [-0.25, -0.2) is 0 Å². The standard InChI is InChI=1S/C25H37NO/c1-5-13-26(14-6-2)17-25(27)20-11-12-22-21-10-8-9-18(4)23(21)15-19(7-3)24(22)16-20/h11-12,15-16,18,25,27H,5-10,13-14,17H2,1-4H3. The second kappa shape index (κ2) is 9.21. The Bertz CT molecular complexity index is 760. The number of aliphatic hydroxyl groups excluding tert-OH is 1. The van der Waals surface area contributed by atoms with Gasteiger partial charge in [0.05, 0.1) is 6.10 Å². The van der Waals surface area contributed by atoms with Crippen LogP contribution in [0, 0.1) is 0 Å². The van der Waals surface area contributed by atoms with E-state index in [1.807, 2.05) is 0 Å². The van der Waals surface area contributed by atoms with Crippen LogP contribution in [0.4, 0.5) is 0 Å². The molecule has 2 nitrogen and oxygen atoms in total. The molecule has 0 saturated heterocycles. The summed E-state index contributed by atoms with van der Waals surface area (Å²) < 4.78 is 0. The molecule has 0 aliphatic heterocycles. The van der Waals surface area contributed by atoms with Crippen LogP contribution in [0.3, 0.4) is 0 Å². The monoisotopic (exact) mass is 367 g/mol. The van der Waals surface area contributed by atoms with E-state index < -0.39 is 6.10 Å². The van der Waals surface area contributed by atoms with Crippen molar-refractivity contribution >= 4 is 10.8 Å². The predicted molar refractivity (Wildman–Crippen MR) is 117 cm³/mol. The summed E-state index contributed by atoms with van der Waals surface area (Å²) >= 11 is 0. The van der Waals surface area contributed by atoms with E-state index in [-0.39, 0.29) is 0 Å². The number of benzene rings is 2. The van der Waals surface area contributed by atoms with Crippen LogP contribution in [0.5, 0.6) is 0 Å². The average molecular weight is 368 g/mol. The first-order valence-corrected chi connectivity index (χ1v) is 11.1. The van der Waals surface area contributed by atoms with Crippen molar-refractivity contribution in [2.45, 2.75) is 78.2 Å². The third-order valence-electron chi connectivity index (χ3n) is 6.26. The lowest BCUT2D eigenvalue weighted by molar-refractivity contribution is 0.113. The molecule has 0 heterocycles. The fraction of sp³-hybridized carbons (Fsp3) is 0.600. The van der Waals surface area contributed by atoms with Crippen LogP contribution < -0.4 is 0 Å². The molecule has 0 aromatic heterocycles. The summed E-state index contributed by atoms with van der Waals surface area (Å²) in [7, 11) is 0. The van der Waals surface area contributed by atoms with E-state index in [9.17, 15) is 5.11 Å². The molecule has 0 radical (unpaired) electrons. The van der Waals surface area contributed by atoms with Crippen LogP contribution in [0.1, 0.15) is 87.7 Å². The highest BCUT2D eigenvalue weighted by molar-refractivity contribution is 5.91. The highest BCUT2D eigenvalue weighted by Crippen LogP contribution is 2.38. The predicted octanol–water partition coefficient (Wildman–Crippen LogP) is 6.00. The average Bonchev–Trinajstić information content (AvgIpc) is 2.67. The van der Waals surface area contributed by atoms with E-state index in [4.69, 9.17) is 0 Å². The van der Waals surface area contributed by atoms with Gasteiger partial charge < -0.3 is 10.0 Å². The van der Waals surface area contributed by atoms with Gasteiger partial charge in [-0.05, 0) is 96.6 Å². The third kappa shape index (κ3) is 4.38. The van der Waals surface area contributed by atoms with Crippen molar-refractivity contribution in [3.05, 3.63) is 46.5 Å². The van der Waals surface area contributed by atoms with Crippen molar-refractivity contribution in [3.8, 4) is 0 Å². The Labute approximate surface area is 165 Å². The van der Waals surface area contributed by atoms with Crippen molar-refractivity contribution in [3.63, 3.8) is 0 Å². The second-order valence-electron chi connectivity index (χ2n) is 8.37. The highest BCUT2D eigenvalue weighted by Gasteiger charge is 2.21. The van der Waals surface area contributed by atoms with Gasteiger partial charge in [0, 0.05) is 6.54 Å². The van der Waals surface area contributed by atoms with Gasteiger partial charge in [-0.2, -0.15) is 0 Å². The maximum Gasteiger partial charge on any atom is 0.0917 e. The van der Waals surface area contributed by atoms with Crippen LogP contribution in [0.25, 0.3) is 10.8 Å². The van der Waals surface area contributed by atoms with Gasteiger partial charge in [-0.1, -0.05) is 45.9 Å². The molecule has 148 valence electrons. The Morgan fingerprint density at radius 3 is 2.48 bits per heavy atom. The molecule has 0 saturated carbocycles. The second-order valence-corrected chi connectivity index (χ2v) is 8.37. The molecule has 0 spiro atoms. The summed E-state index contributed by atoms with van der Waals surface area (Å²) in [6, 6.07) is 9.18.